The quantitative estimate of drug-likeness (QED) is 0.810. The first-order valence-electron chi connectivity index (χ1n) is 5.55. The van der Waals surface area contributed by atoms with Gasteiger partial charge in [-0.2, -0.15) is 0 Å². The van der Waals surface area contributed by atoms with E-state index in [9.17, 15) is 9.59 Å². The molecule has 2 amide bonds. The first-order chi connectivity index (χ1) is 9.17. The maximum Gasteiger partial charge on any atom is 0.232 e. The van der Waals surface area contributed by atoms with Gasteiger partial charge in [-0.3, -0.25) is 14.5 Å². The molecule has 1 unspecified atom stereocenters. The molecule has 1 N–H and O–H groups in total. The second-order valence-corrected chi connectivity index (χ2v) is 4.88. The molecule has 0 saturated carbocycles. The molecular formula is C12H14N2O4S. The Morgan fingerprint density at radius 1 is 1.32 bits per heavy atom. The highest BCUT2D eigenvalue weighted by atomic mass is 32.2. The van der Waals surface area contributed by atoms with Gasteiger partial charge in [0, 0.05) is 18.2 Å². The molecular weight excluding hydrogens is 268 g/mol. The SMILES string of the molecule is COc1cc(OC)cc(N(C=O)C2NC(=O)CS2)c1. The highest BCUT2D eigenvalue weighted by Crippen LogP contribution is 2.31. The normalized spacial score (nSPS) is 17.8. The van der Waals surface area contributed by atoms with Gasteiger partial charge in [-0.05, 0) is 0 Å². The summed E-state index contributed by atoms with van der Waals surface area (Å²) in [6.45, 7) is 0. The molecule has 0 bridgehead atoms. The zero-order valence-electron chi connectivity index (χ0n) is 10.6. The standard InChI is InChI=1S/C12H14N2O4S/c1-17-9-3-8(4-10(5-9)18-2)14(7-15)12-13-11(16)6-19-12/h3-5,7,12H,6H2,1-2H3,(H,13,16). The van der Waals surface area contributed by atoms with Crippen LogP contribution in [-0.2, 0) is 9.59 Å². The fraction of sp³-hybridized carbons (Fsp3) is 0.333. The third kappa shape index (κ3) is 2.93. The largest absolute Gasteiger partial charge is 0.497 e. The molecule has 102 valence electrons. The molecule has 1 aromatic carbocycles. The molecule has 1 fully saturated rings. The van der Waals surface area contributed by atoms with Crippen LogP contribution in [0, 0.1) is 0 Å². The van der Waals surface area contributed by atoms with Crippen LogP contribution in [0.25, 0.3) is 0 Å². The fourth-order valence-corrected chi connectivity index (χ4v) is 2.66. The van der Waals surface area contributed by atoms with E-state index in [2.05, 4.69) is 5.32 Å². The molecule has 7 heteroatoms. The number of hydrogen-bond donors (Lipinski definition) is 1. The van der Waals surface area contributed by atoms with Crippen molar-refractivity contribution >= 4 is 29.8 Å². The summed E-state index contributed by atoms with van der Waals surface area (Å²) >= 11 is 1.36. The topological polar surface area (TPSA) is 67.9 Å². The molecule has 6 nitrogen and oxygen atoms in total. The molecule has 0 radical (unpaired) electrons. The number of methoxy groups -OCH3 is 2. The first-order valence-corrected chi connectivity index (χ1v) is 6.60. The average Bonchev–Trinajstić information content (AvgIpc) is 2.85. The number of benzene rings is 1. The molecule has 1 heterocycles. The predicted octanol–water partition coefficient (Wildman–Crippen LogP) is 0.813. The number of ether oxygens (including phenoxy) is 2. The highest BCUT2D eigenvalue weighted by molar-refractivity contribution is 8.01. The van der Waals surface area contributed by atoms with Crippen molar-refractivity contribution in [1.29, 1.82) is 0 Å². The van der Waals surface area contributed by atoms with Crippen LogP contribution >= 0.6 is 11.8 Å². The van der Waals surface area contributed by atoms with Crippen LogP contribution < -0.4 is 19.7 Å². The highest BCUT2D eigenvalue weighted by Gasteiger charge is 2.28. The lowest BCUT2D eigenvalue weighted by atomic mass is 10.2. The minimum Gasteiger partial charge on any atom is -0.497 e. The van der Waals surface area contributed by atoms with Crippen LogP contribution in [0.3, 0.4) is 0 Å². The number of amides is 2. The number of anilines is 1. The summed E-state index contributed by atoms with van der Waals surface area (Å²) in [7, 11) is 3.08. The summed E-state index contributed by atoms with van der Waals surface area (Å²) in [5, 5.41) is 2.72. The molecule has 0 aliphatic carbocycles. The van der Waals surface area contributed by atoms with Crippen LogP contribution in [0.4, 0.5) is 5.69 Å². The average molecular weight is 282 g/mol. The van der Waals surface area contributed by atoms with E-state index in [0.717, 1.165) is 0 Å². The third-order valence-electron chi connectivity index (χ3n) is 2.66. The van der Waals surface area contributed by atoms with E-state index in [0.29, 0.717) is 29.3 Å². The first kappa shape index (κ1) is 13.5. The number of carbonyl (C=O) groups is 2. The molecule has 1 aliphatic heterocycles. The van der Waals surface area contributed by atoms with Crippen LogP contribution in [0.1, 0.15) is 0 Å². The van der Waals surface area contributed by atoms with Crippen molar-refractivity contribution < 1.29 is 19.1 Å². The minimum absolute atomic E-state index is 0.0864. The molecule has 1 atom stereocenters. The van der Waals surface area contributed by atoms with Gasteiger partial charge in [-0.25, -0.2) is 0 Å². The summed E-state index contributed by atoms with van der Waals surface area (Å²) in [5.74, 6) is 1.42. The van der Waals surface area contributed by atoms with Gasteiger partial charge in [0.05, 0.1) is 25.7 Å². The van der Waals surface area contributed by atoms with Gasteiger partial charge in [0.15, 0.2) is 5.50 Å². The molecule has 2 rings (SSSR count). The van der Waals surface area contributed by atoms with E-state index in [1.807, 2.05) is 0 Å². The van der Waals surface area contributed by atoms with Gasteiger partial charge in [0.1, 0.15) is 11.5 Å². The summed E-state index contributed by atoms with van der Waals surface area (Å²) in [5.41, 5.74) is 0.202. The molecule has 1 aromatic rings. The lowest BCUT2D eigenvalue weighted by Gasteiger charge is -2.24. The van der Waals surface area contributed by atoms with E-state index in [-0.39, 0.29) is 5.91 Å². The number of carbonyl (C=O) groups excluding carboxylic acids is 2. The van der Waals surface area contributed by atoms with Crippen molar-refractivity contribution in [3.63, 3.8) is 0 Å². The van der Waals surface area contributed by atoms with Gasteiger partial charge >= 0.3 is 0 Å². The third-order valence-corrected chi connectivity index (χ3v) is 3.75. The van der Waals surface area contributed by atoms with E-state index in [1.165, 1.54) is 30.9 Å². The molecule has 1 saturated heterocycles. The predicted molar refractivity (Wildman–Crippen MR) is 72.5 cm³/mol. The van der Waals surface area contributed by atoms with E-state index < -0.39 is 5.50 Å². The number of nitrogens with zero attached hydrogens (tertiary/aromatic N) is 1. The second kappa shape index (κ2) is 5.83. The van der Waals surface area contributed by atoms with E-state index in [1.54, 1.807) is 18.2 Å². The van der Waals surface area contributed by atoms with Crippen molar-refractivity contribution in [3.05, 3.63) is 18.2 Å². The summed E-state index contributed by atoms with van der Waals surface area (Å²) in [4.78, 5) is 23.9. The van der Waals surface area contributed by atoms with Gasteiger partial charge in [0.25, 0.3) is 0 Å². The Hall–Kier alpha value is -1.89. The molecule has 19 heavy (non-hydrogen) atoms. The Kier molecular flexibility index (Phi) is 4.16. The summed E-state index contributed by atoms with van der Waals surface area (Å²) < 4.78 is 10.3. The number of hydrogen-bond acceptors (Lipinski definition) is 5. The van der Waals surface area contributed by atoms with Gasteiger partial charge in [-0.1, -0.05) is 0 Å². The zero-order chi connectivity index (χ0) is 13.8. The number of nitrogens with one attached hydrogen (secondary N) is 1. The van der Waals surface area contributed by atoms with E-state index >= 15 is 0 Å². The second-order valence-electron chi connectivity index (χ2n) is 3.81. The van der Waals surface area contributed by atoms with Crippen LogP contribution in [0.2, 0.25) is 0 Å². The summed E-state index contributed by atoms with van der Waals surface area (Å²) in [6.07, 6.45) is 0.678. The van der Waals surface area contributed by atoms with Crippen molar-refractivity contribution in [3.8, 4) is 11.5 Å². The van der Waals surface area contributed by atoms with E-state index in [4.69, 9.17) is 9.47 Å². The Morgan fingerprint density at radius 3 is 2.37 bits per heavy atom. The Labute approximate surface area is 115 Å². The smallest absolute Gasteiger partial charge is 0.232 e. The van der Waals surface area contributed by atoms with Crippen LogP contribution in [-0.4, -0.2) is 37.8 Å². The maximum atomic E-state index is 11.3. The fourth-order valence-electron chi connectivity index (χ4n) is 1.72. The van der Waals surface area contributed by atoms with Gasteiger partial charge in [-0.15, -0.1) is 11.8 Å². The maximum absolute atomic E-state index is 11.3. The van der Waals surface area contributed by atoms with Crippen LogP contribution in [0.15, 0.2) is 18.2 Å². The van der Waals surface area contributed by atoms with Crippen LogP contribution in [0.5, 0.6) is 11.5 Å². The van der Waals surface area contributed by atoms with Crippen molar-refractivity contribution in [2.24, 2.45) is 0 Å². The Bertz CT molecular complexity index is 472. The lowest BCUT2D eigenvalue weighted by Crippen LogP contribution is -2.40. The summed E-state index contributed by atoms with van der Waals surface area (Å²) in [6, 6.07) is 5.14. The Morgan fingerprint density at radius 2 is 1.95 bits per heavy atom. The Balaban J connectivity index is 2.31. The lowest BCUT2D eigenvalue weighted by molar-refractivity contribution is -0.118. The number of thioether (sulfide) groups is 1. The van der Waals surface area contributed by atoms with Crippen molar-refractivity contribution in [1.82, 2.24) is 5.32 Å². The molecule has 1 aliphatic rings. The minimum atomic E-state index is -0.401. The van der Waals surface area contributed by atoms with Gasteiger partial charge in [0.2, 0.25) is 12.3 Å². The van der Waals surface area contributed by atoms with Crippen molar-refractivity contribution in [2.45, 2.75) is 5.50 Å². The van der Waals surface area contributed by atoms with Crippen molar-refractivity contribution in [2.75, 3.05) is 24.9 Å². The van der Waals surface area contributed by atoms with Gasteiger partial charge < -0.3 is 14.8 Å². The molecule has 0 aromatic heterocycles. The molecule has 0 spiro atoms. The number of rotatable bonds is 5. The monoisotopic (exact) mass is 282 g/mol. The zero-order valence-corrected chi connectivity index (χ0v) is 11.4.